The molecule has 0 N–H and O–H groups in total. The molecule has 0 aliphatic carbocycles. The molecular formula is C33H70N2O4. The number of rotatable bonds is 32. The summed E-state index contributed by atoms with van der Waals surface area (Å²) in [6, 6.07) is 0. The highest BCUT2D eigenvalue weighted by atomic mass is 16.5. The molecule has 0 saturated carbocycles. The van der Waals surface area contributed by atoms with Crippen molar-refractivity contribution in [2.45, 2.75) is 119 Å². The zero-order valence-electron chi connectivity index (χ0n) is 27.4. The average Bonchev–Trinajstić information content (AvgIpc) is 2.96. The molecule has 0 aromatic heterocycles. The van der Waals surface area contributed by atoms with E-state index in [9.17, 15) is 0 Å². The van der Waals surface area contributed by atoms with E-state index >= 15 is 0 Å². The van der Waals surface area contributed by atoms with Crippen LogP contribution in [-0.2, 0) is 18.9 Å². The third-order valence-corrected chi connectivity index (χ3v) is 7.90. The van der Waals surface area contributed by atoms with Crippen LogP contribution in [0.5, 0.6) is 0 Å². The maximum absolute atomic E-state index is 6.36. The molecule has 0 aliphatic rings. The van der Waals surface area contributed by atoms with Gasteiger partial charge in [0.2, 0.25) is 0 Å². The topological polar surface area (TPSA) is 43.4 Å². The smallest absolute Gasteiger partial charge is 0.0593 e. The Labute approximate surface area is 244 Å². The minimum absolute atomic E-state index is 0.0855. The summed E-state index contributed by atoms with van der Waals surface area (Å²) in [6.07, 6.45) is 14.7. The molecule has 6 nitrogen and oxygen atoms in total. The lowest BCUT2D eigenvalue weighted by atomic mass is 9.84. The van der Waals surface area contributed by atoms with E-state index in [0.717, 1.165) is 111 Å². The molecule has 0 amide bonds. The van der Waals surface area contributed by atoms with Gasteiger partial charge in [0.05, 0.1) is 33.0 Å². The second kappa shape index (κ2) is 29.3. The van der Waals surface area contributed by atoms with E-state index < -0.39 is 0 Å². The minimum Gasteiger partial charge on any atom is -0.381 e. The highest BCUT2D eigenvalue weighted by Gasteiger charge is 2.31. The maximum Gasteiger partial charge on any atom is 0.0593 e. The van der Waals surface area contributed by atoms with Crippen molar-refractivity contribution >= 4 is 0 Å². The highest BCUT2D eigenvalue weighted by Crippen LogP contribution is 2.28. The predicted molar refractivity (Wildman–Crippen MR) is 168 cm³/mol. The van der Waals surface area contributed by atoms with E-state index in [-0.39, 0.29) is 5.41 Å². The Hall–Kier alpha value is -0.240. The Bertz CT molecular complexity index is 431. The van der Waals surface area contributed by atoms with Gasteiger partial charge in [-0.05, 0) is 51.9 Å². The molecule has 0 aliphatic heterocycles. The maximum atomic E-state index is 6.36. The number of hydrogen-bond donors (Lipinski definition) is 0. The second-order valence-corrected chi connectivity index (χ2v) is 11.3. The summed E-state index contributed by atoms with van der Waals surface area (Å²) in [6.45, 7) is 25.9. The zero-order valence-corrected chi connectivity index (χ0v) is 27.4. The van der Waals surface area contributed by atoms with Crippen LogP contribution in [0.1, 0.15) is 119 Å². The molecule has 0 aromatic carbocycles. The van der Waals surface area contributed by atoms with Crippen LogP contribution in [0.4, 0.5) is 0 Å². The largest absolute Gasteiger partial charge is 0.381 e. The van der Waals surface area contributed by atoms with Gasteiger partial charge in [0, 0.05) is 38.3 Å². The van der Waals surface area contributed by atoms with Gasteiger partial charge in [-0.3, -0.25) is 0 Å². The predicted octanol–water partition coefficient (Wildman–Crippen LogP) is 7.44. The van der Waals surface area contributed by atoms with E-state index in [1.165, 1.54) is 44.9 Å². The lowest BCUT2D eigenvalue weighted by molar-refractivity contribution is -0.0786. The van der Waals surface area contributed by atoms with Gasteiger partial charge in [-0.2, -0.15) is 0 Å². The third kappa shape index (κ3) is 23.1. The van der Waals surface area contributed by atoms with Gasteiger partial charge < -0.3 is 28.7 Å². The summed E-state index contributed by atoms with van der Waals surface area (Å²) >= 11 is 0. The first-order chi connectivity index (χ1) is 19.1. The van der Waals surface area contributed by atoms with Crippen LogP contribution in [0.15, 0.2) is 0 Å². The first-order valence-electron chi connectivity index (χ1n) is 16.9. The normalized spacial score (nSPS) is 12.3. The summed E-state index contributed by atoms with van der Waals surface area (Å²) in [4.78, 5) is 4.85. The van der Waals surface area contributed by atoms with Gasteiger partial charge in [0.1, 0.15) is 0 Å². The summed E-state index contributed by atoms with van der Waals surface area (Å²) in [5.41, 5.74) is -0.0855. The molecule has 0 bridgehead atoms. The lowest BCUT2D eigenvalue weighted by Crippen LogP contribution is -2.39. The fourth-order valence-corrected chi connectivity index (χ4v) is 4.89. The van der Waals surface area contributed by atoms with Crippen LogP contribution < -0.4 is 0 Å². The summed E-state index contributed by atoms with van der Waals surface area (Å²) in [5, 5.41) is 0. The number of ether oxygens (including phenoxy) is 4. The van der Waals surface area contributed by atoms with Crippen LogP contribution in [-0.4, -0.2) is 102 Å². The second-order valence-electron chi connectivity index (χ2n) is 11.3. The molecule has 0 rings (SSSR count). The van der Waals surface area contributed by atoms with E-state index in [4.69, 9.17) is 18.9 Å². The molecule has 0 atom stereocenters. The Morgan fingerprint density at radius 1 is 0.410 bits per heavy atom. The SMILES string of the molecule is CCCCCCCCOCC(CCCCCOCCCC)(COCCN(CC)CC)COCCN(CC)CC. The van der Waals surface area contributed by atoms with E-state index in [1.54, 1.807) is 0 Å². The lowest BCUT2D eigenvalue weighted by Gasteiger charge is -2.34. The Balaban J connectivity index is 4.99. The molecule has 236 valence electrons. The van der Waals surface area contributed by atoms with Crippen molar-refractivity contribution < 1.29 is 18.9 Å². The van der Waals surface area contributed by atoms with Crippen molar-refractivity contribution in [3.8, 4) is 0 Å². The van der Waals surface area contributed by atoms with Crippen molar-refractivity contribution in [1.82, 2.24) is 9.80 Å². The molecule has 6 heteroatoms. The molecule has 0 spiro atoms. The van der Waals surface area contributed by atoms with Gasteiger partial charge >= 0.3 is 0 Å². The quantitative estimate of drug-likeness (QED) is 0.0799. The van der Waals surface area contributed by atoms with Crippen LogP contribution in [0.25, 0.3) is 0 Å². The average molecular weight is 559 g/mol. The van der Waals surface area contributed by atoms with Gasteiger partial charge in [-0.25, -0.2) is 0 Å². The first-order valence-corrected chi connectivity index (χ1v) is 16.9. The number of nitrogens with zero attached hydrogens (tertiary/aromatic N) is 2. The van der Waals surface area contributed by atoms with Crippen molar-refractivity contribution in [2.24, 2.45) is 5.41 Å². The van der Waals surface area contributed by atoms with Gasteiger partial charge in [-0.1, -0.05) is 92.9 Å². The van der Waals surface area contributed by atoms with Gasteiger partial charge in [0.25, 0.3) is 0 Å². The zero-order chi connectivity index (χ0) is 28.9. The van der Waals surface area contributed by atoms with Gasteiger partial charge in [-0.15, -0.1) is 0 Å². The van der Waals surface area contributed by atoms with Crippen molar-refractivity contribution in [1.29, 1.82) is 0 Å². The van der Waals surface area contributed by atoms with Crippen LogP contribution in [0.2, 0.25) is 0 Å². The molecular weight excluding hydrogens is 488 g/mol. The molecule has 0 saturated heterocycles. The van der Waals surface area contributed by atoms with E-state index in [2.05, 4.69) is 51.3 Å². The fourth-order valence-electron chi connectivity index (χ4n) is 4.89. The van der Waals surface area contributed by atoms with Crippen molar-refractivity contribution in [2.75, 3.05) is 92.1 Å². The first kappa shape index (κ1) is 38.8. The number of unbranched alkanes of at least 4 members (excludes halogenated alkanes) is 8. The van der Waals surface area contributed by atoms with E-state index in [0.29, 0.717) is 13.2 Å². The Morgan fingerprint density at radius 2 is 0.821 bits per heavy atom. The number of hydrogen-bond acceptors (Lipinski definition) is 6. The molecule has 0 fully saturated rings. The summed E-state index contributed by atoms with van der Waals surface area (Å²) in [7, 11) is 0. The van der Waals surface area contributed by atoms with Crippen LogP contribution >= 0.6 is 0 Å². The van der Waals surface area contributed by atoms with Crippen LogP contribution in [0, 0.1) is 5.41 Å². The molecule has 0 radical (unpaired) electrons. The molecule has 0 heterocycles. The van der Waals surface area contributed by atoms with E-state index in [1.807, 2.05) is 0 Å². The molecule has 0 unspecified atom stereocenters. The minimum atomic E-state index is -0.0855. The summed E-state index contributed by atoms with van der Waals surface area (Å²) < 4.78 is 24.9. The van der Waals surface area contributed by atoms with Crippen molar-refractivity contribution in [3.63, 3.8) is 0 Å². The Morgan fingerprint density at radius 3 is 1.33 bits per heavy atom. The molecule has 39 heavy (non-hydrogen) atoms. The highest BCUT2D eigenvalue weighted by molar-refractivity contribution is 4.80. The van der Waals surface area contributed by atoms with Crippen molar-refractivity contribution in [3.05, 3.63) is 0 Å². The summed E-state index contributed by atoms with van der Waals surface area (Å²) in [5.74, 6) is 0. The standard InChI is InChI=1S/C33H70N2O4/c1-7-13-15-16-17-20-27-37-30-33(31-38-28-23-34(9-3)10-4,32-39-29-24-35(11-5)12-6)22-19-18-21-26-36-25-14-8-2/h7-32H2,1-6H3. The fraction of sp³-hybridized carbons (Fsp3) is 1.00. The monoisotopic (exact) mass is 559 g/mol. The third-order valence-electron chi connectivity index (χ3n) is 7.90. The Kier molecular flexibility index (Phi) is 29.1. The van der Waals surface area contributed by atoms with Gasteiger partial charge in [0.15, 0.2) is 0 Å². The van der Waals surface area contributed by atoms with Crippen LogP contribution in [0.3, 0.4) is 0 Å². The number of likely N-dealkylation sites (N-methyl/N-ethyl adjacent to an activating group) is 2. The molecule has 0 aromatic rings.